The first kappa shape index (κ1) is 14.2. The van der Waals surface area contributed by atoms with Gasteiger partial charge in [0, 0.05) is 19.2 Å². The topological polar surface area (TPSA) is 63.6 Å². The Balaban J connectivity index is 1.55. The molecule has 0 saturated carbocycles. The highest BCUT2D eigenvalue weighted by Crippen LogP contribution is 2.16. The summed E-state index contributed by atoms with van der Waals surface area (Å²) in [6, 6.07) is 10.9. The van der Waals surface area contributed by atoms with Crippen molar-refractivity contribution < 1.29 is 14.0 Å². The third kappa shape index (κ3) is 3.28. The van der Waals surface area contributed by atoms with Crippen LogP contribution in [0, 0.1) is 5.82 Å². The summed E-state index contributed by atoms with van der Waals surface area (Å²) in [6.07, 6.45) is 2.38. The Hall–Kier alpha value is -2.76. The molecule has 1 aromatic heterocycles. The number of hydrogen-bond donors (Lipinski definition) is 1. The van der Waals surface area contributed by atoms with Crippen molar-refractivity contribution in [1.82, 2.24) is 10.3 Å². The summed E-state index contributed by atoms with van der Waals surface area (Å²) in [7, 11) is 0. The lowest BCUT2D eigenvalue weighted by atomic mass is 10.0. The summed E-state index contributed by atoms with van der Waals surface area (Å²) in [5.74, 6) is -0.711. The molecule has 0 bridgehead atoms. The van der Waals surface area contributed by atoms with Gasteiger partial charge in [-0.25, -0.2) is 4.39 Å². The van der Waals surface area contributed by atoms with Gasteiger partial charge in [-0.05, 0) is 17.2 Å². The Kier molecular flexibility index (Phi) is 4.09. The predicted octanol–water partition coefficient (Wildman–Crippen LogP) is 2.03. The molecule has 6 heteroatoms. The van der Waals surface area contributed by atoms with Gasteiger partial charge in [0.25, 0.3) is 5.91 Å². The lowest BCUT2D eigenvalue weighted by Crippen LogP contribution is -2.34. The Morgan fingerprint density at radius 2 is 2.14 bits per heavy atom. The minimum Gasteiger partial charge on any atom is -0.382 e. The fourth-order valence-electron chi connectivity index (χ4n) is 2.17. The summed E-state index contributed by atoms with van der Waals surface area (Å²) in [5, 5.41) is 6.66. The molecule has 5 nitrogen and oxygen atoms in total. The second kappa shape index (κ2) is 6.34. The molecule has 0 spiro atoms. The number of benzene rings is 1. The van der Waals surface area contributed by atoms with E-state index in [2.05, 4.69) is 15.5 Å². The molecule has 1 amide bonds. The third-order valence-electron chi connectivity index (χ3n) is 3.30. The third-order valence-corrected chi connectivity index (χ3v) is 3.30. The van der Waals surface area contributed by atoms with Gasteiger partial charge >= 0.3 is 0 Å². The van der Waals surface area contributed by atoms with Gasteiger partial charge in [-0.2, -0.15) is 0 Å². The molecule has 1 aliphatic rings. The minimum atomic E-state index is -0.656. The van der Waals surface area contributed by atoms with Crippen LogP contribution in [0.4, 0.5) is 4.39 Å². The van der Waals surface area contributed by atoms with Crippen LogP contribution in [0.3, 0.4) is 0 Å². The minimum absolute atomic E-state index is 0.199. The summed E-state index contributed by atoms with van der Waals surface area (Å²) >= 11 is 0. The molecule has 2 heterocycles. The van der Waals surface area contributed by atoms with Crippen molar-refractivity contribution in [1.29, 1.82) is 0 Å². The van der Waals surface area contributed by atoms with Crippen molar-refractivity contribution in [2.45, 2.75) is 19.1 Å². The van der Waals surface area contributed by atoms with Crippen LogP contribution in [-0.4, -0.2) is 22.7 Å². The number of nitrogens with one attached hydrogen (secondary N) is 1. The standard InChI is InChI=1S/C16H14FN3O2/c17-13-6-11(8-18-10-13)9-19-16(21)15-7-14(20-22-15)12-4-2-1-3-5-12/h1-6,8,10,15H,7,9H2,(H,19,21). The second-order valence-electron chi connectivity index (χ2n) is 4.93. The molecule has 22 heavy (non-hydrogen) atoms. The normalized spacial score (nSPS) is 16.8. The molecule has 2 aromatic rings. The number of carbonyl (C=O) groups is 1. The van der Waals surface area contributed by atoms with Crippen LogP contribution in [0.5, 0.6) is 0 Å². The maximum Gasteiger partial charge on any atom is 0.264 e. The van der Waals surface area contributed by atoms with Crippen molar-refractivity contribution in [2.24, 2.45) is 5.16 Å². The Morgan fingerprint density at radius 1 is 1.32 bits per heavy atom. The van der Waals surface area contributed by atoms with E-state index in [9.17, 15) is 9.18 Å². The van der Waals surface area contributed by atoms with Crippen LogP contribution in [0.25, 0.3) is 0 Å². The first-order valence-electron chi connectivity index (χ1n) is 6.87. The lowest BCUT2D eigenvalue weighted by molar-refractivity contribution is -0.131. The van der Waals surface area contributed by atoms with Crippen molar-refractivity contribution in [3.8, 4) is 0 Å². The molecule has 1 aliphatic heterocycles. The zero-order chi connectivity index (χ0) is 15.4. The molecule has 3 rings (SSSR count). The molecule has 0 aliphatic carbocycles. The average Bonchev–Trinajstić information content (AvgIpc) is 3.04. The predicted molar refractivity (Wildman–Crippen MR) is 78.5 cm³/mol. The van der Waals surface area contributed by atoms with Gasteiger partial charge in [-0.3, -0.25) is 9.78 Å². The summed E-state index contributed by atoms with van der Waals surface area (Å²) in [6.45, 7) is 0.199. The van der Waals surface area contributed by atoms with Gasteiger partial charge in [0.15, 0.2) is 0 Å². The highest BCUT2D eigenvalue weighted by atomic mass is 19.1. The molecule has 1 aromatic carbocycles. The zero-order valence-electron chi connectivity index (χ0n) is 11.7. The monoisotopic (exact) mass is 299 g/mol. The largest absolute Gasteiger partial charge is 0.382 e. The zero-order valence-corrected chi connectivity index (χ0v) is 11.7. The summed E-state index contributed by atoms with van der Waals surface area (Å²) in [5.41, 5.74) is 2.27. The van der Waals surface area contributed by atoms with Crippen LogP contribution in [0.15, 0.2) is 53.9 Å². The Labute approximate surface area is 126 Å². The molecule has 1 N–H and O–H groups in total. The fraction of sp³-hybridized carbons (Fsp3) is 0.188. The number of hydrogen-bond acceptors (Lipinski definition) is 4. The van der Waals surface area contributed by atoms with Crippen LogP contribution in [0.1, 0.15) is 17.5 Å². The number of nitrogens with zero attached hydrogens (tertiary/aromatic N) is 2. The van der Waals surface area contributed by atoms with Crippen LogP contribution in [0.2, 0.25) is 0 Å². The lowest BCUT2D eigenvalue weighted by Gasteiger charge is -2.09. The van der Waals surface area contributed by atoms with Gasteiger partial charge < -0.3 is 10.2 Å². The van der Waals surface area contributed by atoms with Crippen LogP contribution < -0.4 is 5.32 Å². The molecule has 112 valence electrons. The molecule has 1 atom stereocenters. The molecule has 0 fully saturated rings. The average molecular weight is 299 g/mol. The first-order chi connectivity index (χ1) is 10.7. The molecule has 1 unspecified atom stereocenters. The van der Waals surface area contributed by atoms with Crippen molar-refractivity contribution in [2.75, 3.05) is 0 Å². The maximum absolute atomic E-state index is 13.0. The molecule has 0 radical (unpaired) electrons. The van der Waals surface area contributed by atoms with E-state index < -0.39 is 11.9 Å². The van der Waals surface area contributed by atoms with Gasteiger partial charge in [-0.1, -0.05) is 35.5 Å². The smallest absolute Gasteiger partial charge is 0.264 e. The van der Waals surface area contributed by atoms with E-state index in [0.717, 1.165) is 17.5 Å². The van der Waals surface area contributed by atoms with E-state index in [1.54, 1.807) is 0 Å². The summed E-state index contributed by atoms with van der Waals surface area (Å²) < 4.78 is 13.0. The van der Waals surface area contributed by atoms with E-state index in [1.165, 1.54) is 12.3 Å². The number of pyridine rings is 1. The number of rotatable bonds is 4. The number of carbonyl (C=O) groups excluding carboxylic acids is 1. The van der Waals surface area contributed by atoms with Gasteiger partial charge in [0.2, 0.25) is 6.10 Å². The highest BCUT2D eigenvalue weighted by molar-refractivity contribution is 6.04. The molecule has 0 saturated heterocycles. The maximum atomic E-state index is 13.0. The van der Waals surface area contributed by atoms with Crippen molar-refractivity contribution in [3.05, 3.63) is 65.7 Å². The molecular formula is C16H14FN3O2. The Morgan fingerprint density at radius 3 is 2.91 bits per heavy atom. The first-order valence-corrected chi connectivity index (χ1v) is 6.87. The quantitative estimate of drug-likeness (QED) is 0.939. The van der Waals surface area contributed by atoms with Gasteiger partial charge in [0.05, 0.1) is 11.9 Å². The van der Waals surface area contributed by atoms with Crippen molar-refractivity contribution in [3.63, 3.8) is 0 Å². The van der Waals surface area contributed by atoms with E-state index in [-0.39, 0.29) is 12.5 Å². The van der Waals surface area contributed by atoms with E-state index >= 15 is 0 Å². The SMILES string of the molecule is O=C(NCc1cncc(F)c1)C1CC(c2ccccc2)=NO1. The van der Waals surface area contributed by atoms with E-state index in [4.69, 9.17) is 4.84 Å². The van der Waals surface area contributed by atoms with Crippen LogP contribution >= 0.6 is 0 Å². The number of oxime groups is 1. The summed E-state index contributed by atoms with van der Waals surface area (Å²) in [4.78, 5) is 21.0. The molecular weight excluding hydrogens is 285 g/mol. The number of aromatic nitrogens is 1. The fourth-order valence-corrected chi connectivity index (χ4v) is 2.17. The van der Waals surface area contributed by atoms with Crippen LogP contribution in [-0.2, 0) is 16.2 Å². The van der Waals surface area contributed by atoms with Crippen molar-refractivity contribution >= 4 is 11.6 Å². The van der Waals surface area contributed by atoms with Gasteiger partial charge in [0.1, 0.15) is 5.82 Å². The number of halogens is 1. The second-order valence-corrected chi connectivity index (χ2v) is 4.93. The number of amides is 1. The van der Waals surface area contributed by atoms with Gasteiger partial charge in [-0.15, -0.1) is 0 Å². The highest BCUT2D eigenvalue weighted by Gasteiger charge is 2.28. The van der Waals surface area contributed by atoms with E-state index in [1.807, 2.05) is 30.3 Å². The van der Waals surface area contributed by atoms with E-state index in [0.29, 0.717) is 12.0 Å². The Bertz CT molecular complexity index is 704.